The standard InChI is InChI=1S/C6H6O3.3C4HF9O3S/c7-4-2-1-3-5(8)6(4)9;3*5-1(6,3(9,10)11)2(7,8)4(12,13)17(14,15)16/h1-3,7-9H;3*(H,14,15,16). The Kier molecular flexibility index (Phi) is 17.2. The highest BCUT2D eigenvalue weighted by molar-refractivity contribution is 7.87. The van der Waals surface area contributed by atoms with Gasteiger partial charge in [0.15, 0.2) is 17.2 Å². The van der Waals surface area contributed by atoms with Crippen LogP contribution in [0.4, 0.5) is 119 Å². The topological polar surface area (TPSA) is 224 Å². The molecule has 0 aliphatic carbocycles. The van der Waals surface area contributed by atoms with Gasteiger partial charge in [-0.05, 0) is 12.1 Å². The van der Waals surface area contributed by atoms with Gasteiger partial charge >= 0.3 is 100 Å². The highest BCUT2D eigenvalue weighted by atomic mass is 32.2. The van der Waals surface area contributed by atoms with Crippen LogP contribution < -0.4 is 0 Å². The van der Waals surface area contributed by atoms with E-state index in [0.29, 0.717) is 0 Å². The summed E-state index contributed by atoms with van der Waals surface area (Å²) < 4.78 is 402. The molecule has 0 aliphatic heterocycles. The van der Waals surface area contributed by atoms with Gasteiger partial charge in [0.05, 0.1) is 0 Å². The summed E-state index contributed by atoms with van der Waals surface area (Å²) >= 11 is 0. The summed E-state index contributed by atoms with van der Waals surface area (Å²) in [6.07, 6.45) is -21.4. The van der Waals surface area contributed by atoms with Crippen LogP contribution in [0.15, 0.2) is 18.2 Å². The van der Waals surface area contributed by atoms with Crippen molar-refractivity contribution in [3.05, 3.63) is 18.2 Å². The predicted octanol–water partition coefficient (Wildman–Crippen LogP) is 7.70. The van der Waals surface area contributed by atoms with Gasteiger partial charge in [-0.1, -0.05) is 6.07 Å². The summed E-state index contributed by atoms with van der Waals surface area (Å²) in [6, 6.07) is 4.01. The van der Waals surface area contributed by atoms with Crippen LogP contribution in [0.2, 0.25) is 0 Å². The smallest absolute Gasteiger partial charge is 0.460 e. The molecule has 60 heavy (non-hydrogen) atoms. The normalized spacial score (nSPS) is 15.1. The van der Waals surface area contributed by atoms with Crippen molar-refractivity contribution in [1.29, 1.82) is 0 Å². The molecule has 0 aliphatic rings. The van der Waals surface area contributed by atoms with Crippen LogP contribution in [0.3, 0.4) is 0 Å². The van der Waals surface area contributed by atoms with Crippen molar-refractivity contribution in [3.8, 4) is 17.2 Å². The second-order valence-electron chi connectivity index (χ2n) is 9.56. The van der Waals surface area contributed by atoms with Gasteiger partial charge in [0, 0.05) is 0 Å². The zero-order valence-electron chi connectivity index (χ0n) is 25.8. The Morgan fingerprint density at radius 1 is 0.317 bits per heavy atom. The molecule has 0 unspecified atom stereocenters. The molecule has 0 amide bonds. The summed E-state index contributed by atoms with van der Waals surface area (Å²) in [6.45, 7) is 0. The number of hydrogen-bond donors (Lipinski definition) is 6. The van der Waals surface area contributed by atoms with Crippen LogP contribution >= 0.6 is 0 Å². The minimum Gasteiger partial charge on any atom is -0.504 e. The summed E-state index contributed by atoms with van der Waals surface area (Å²) in [5, 5.41) is 5.08. The van der Waals surface area contributed by atoms with Crippen molar-refractivity contribution in [2.24, 2.45) is 0 Å². The Morgan fingerprint density at radius 3 is 0.567 bits per heavy atom. The van der Waals surface area contributed by atoms with E-state index in [4.69, 9.17) is 29.0 Å². The van der Waals surface area contributed by atoms with E-state index >= 15 is 0 Å². The molecule has 0 spiro atoms. The Hall–Kier alpha value is -3.54. The van der Waals surface area contributed by atoms with Crippen LogP contribution in [0.5, 0.6) is 17.2 Å². The zero-order valence-corrected chi connectivity index (χ0v) is 28.2. The summed E-state index contributed by atoms with van der Waals surface area (Å²) in [5.74, 6) is -45.2. The van der Waals surface area contributed by atoms with Crippen molar-refractivity contribution in [2.45, 2.75) is 69.8 Å². The Balaban J connectivity index is -0.000000737. The molecule has 360 valence electrons. The molecule has 0 radical (unpaired) electrons. The molecule has 1 rings (SSSR count). The van der Waals surface area contributed by atoms with Crippen molar-refractivity contribution in [2.75, 3.05) is 0 Å². The lowest BCUT2D eigenvalue weighted by Gasteiger charge is -2.31. The molecular formula is C18H9F27O12S3. The van der Waals surface area contributed by atoms with Crippen LogP contribution in [0.25, 0.3) is 0 Å². The molecule has 6 N–H and O–H groups in total. The largest absolute Gasteiger partial charge is 0.504 e. The van der Waals surface area contributed by atoms with E-state index in [-0.39, 0.29) is 11.5 Å². The van der Waals surface area contributed by atoms with E-state index in [2.05, 4.69) is 0 Å². The van der Waals surface area contributed by atoms with Crippen LogP contribution in [-0.4, -0.2) is 124 Å². The number of hydrogen-bond acceptors (Lipinski definition) is 9. The van der Waals surface area contributed by atoms with Gasteiger partial charge in [0.25, 0.3) is 0 Å². The zero-order chi connectivity index (χ0) is 50.4. The van der Waals surface area contributed by atoms with Gasteiger partial charge < -0.3 is 15.3 Å². The lowest BCUT2D eigenvalue weighted by atomic mass is 10.1. The Labute approximate surface area is 309 Å². The molecule has 0 bridgehead atoms. The van der Waals surface area contributed by atoms with Crippen molar-refractivity contribution in [1.82, 2.24) is 0 Å². The monoisotopic (exact) mass is 1030 g/mol. The van der Waals surface area contributed by atoms with E-state index in [1.165, 1.54) is 18.2 Å². The molecule has 12 nitrogen and oxygen atoms in total. The first-order valence-electron chi connectivity index (χ1n) is 11.9. The van der Waals surface area contributed by atoms with Gasteiger partial charge in [-0.15, -0.1) is 0 Å². The molecule has 0 saturated carbocycles. The van der Waals surface area contributed by atoms with Gasteiger partial charge in [-0.3, -0.25) is 13.7 Å². The third-order valence-corrected chi connectivity index (χ3v) is 8.03. The first kappa shape index (κ1) is 60.8. The first-order chi connectivity index (χ1) is 25.2. The summed E-state index contributed by atoms with van der Waals surface area (Å²) in [7, 11) is -21.5. The number of phenolic OH excluding ortho intramolecular Hbond substituents is 3. The average molecular weight is 1030 g/mol. The predicted molar refractivity (Wildman–Crippen MR) is 129 cm³/mol. The minimum absolute atomic E-state index is 0.310. The van der Waals surface area contributed by atoms with Crippen LogP contribution in [-0.2, 0) is 30.4 Å². The second kappa shape index (κ2) is 17.0. The number of rotatable bonds is 9. The van der Waals surface area contributed by atoms with E-state index in [1.54, 1.807) is 0 Å². The maximum Gasteiger partial charge on any atom is 0.460 e. The van der Waals surface area contributed by atoms with Crippen molar-refractivity contribution < 1.29 is 173 Å². The fourth-order valence-electron chi connectivity index (χ4n) is 2.09. The van der Waals surface area contributed by atoms with Gasteiger partial charge in [0.1, 0.15) is 0 Å². The molecule has 0 atom stereocenters. The second-order valence-corrected chi connectivity index (χ2v) is 13.9. The lowest BCUT2D eigenvalue weighted by molar-refractivity contribution is -0.382. The number of benzene rings is 1. The number of alkyl halides is 27. The van der Waals surface area contributed by atoms with Gasteiger partial charge in [0.2, 0.25) is 0 Å². The third-order valence-electron chi connectivity index (χ3n) is 5.31. The molecule has 1 aromatic rings. The highest BCUT2D eigenvalue weighted by Gasteiger charge is 2.87. The number of aromatic hydroxyl groups is 3. The van der Waals surface area contributed by atoms with Crippen molar-refractivity contribution >= 4 is 30.4 Å². The van der Waals surface area contributed by atoms with E-state index in [9.17, 15) is 144 Å². The quantitative estimate of drug-likeness (QED) is 0.0796. The number of halogens is 27. The average Bonchev–Trinajstić information content (AvgIpc) is 2.96. The Bertz CT molecular complexity index is 1760. The lowest BCUT2D eigenvalue weighted by Crippen LogP contribution is -2.63. The molecule has 0 fully saturated rings. The maximum atomic E-state index is 12.2. The minimum atomic E-state index is -7.37. The van der Waals surface area contributed by atoms with E-state index < -0.39 is 106 Å². The molecule has 1 aromatic carbocycles. The van der Waals surface area contributed by atoms with E-state index in [0.717, 1.165) is 0 Å². The van der Waals surface area contributed by atoms with E-state index in [1.807, 2.05) is 0 Å². The molecule has 42 heteroatoms. The number of para-hydroxylation sites is 1. The SMILES string of the molecule is O=S(=O)(O)C(F)(F)C(F)(F)C(F)(F)C(F)(F)F.O=S(=O)(O)C(F)(F)C(F)(F)C(F)(F)C(F)(F)F.O=S(=O)(O)C(F)(F)C(F)(F)C(F)(F)C(F)(F)F.Oc1cccc(O)c1O. The summed E-state index contributed by atoms with van der Waals surface area (Å²) in [4.78, 5) is 0. The van der Waals surface area contributed by atoms with Crippen LogP contribution in [0.1, 0.15) is 0 Å². The number of phenols is 3. The fraction of sp³-hybridized carbons (Fsp3) is 0.667. The third kappa shape index (κ3) is 11.1. The molecule has 0 aromatic heterocycles. The maximum absolute atomic E-state index is 12.2. The van der Waals surface area contributed by atoms with Crippen molar-refractivity contribution in [3.63, 3.8) is 0 Å². The Morgan fingerprint density at radius 2 is 0.467 bits per heavy atom. The summed E-state index contributed by atoms with van der Waals surface area (Å²) in [5.41, 5.74) is 0. The molecular weight excluding hydrogens is 1020 g/mol. The first-order valence-corrected chi connectivity index (χ1v) is 16.2. The van der Waals surface area contributed by atoms with Gasteiger partial charge in [-0.2, -0.15) is 144 Å². The highest BCUT2D eigenvalue weighted by Crippen LogP contribution is 2.57. The molecule has 0 saturated heterocycles. The molecule has 0 heterocycles. The fourth-order valence-corrected chi connectivity index (χ4v) is 3.44. The van der Waals surface area contributed by atoms with Crippen LogP contribution in [0, 0.1) is 0 Å². The van der Waals surface area contributed by atoms with Gasteiger partial charge in [-0.25, -0.2) is 0 Å².